The van der Waals surface area contributed by atoms with Gasteiger partial charge in [0.2, 0.25) is 5.91 Å². The molecule has 1 unspecified atom stereocenters. The van der Waals surface area contributed by atoms with E-state index in [4.69, 9.17) is 4.74 Å². The smallest absolute Gasteiger partial charge is 0.280 e. The Kier molecular flexibility index (Phi) is 7.91. The first-order chi connectivity index (χ1) is 14.4. The van der Waals surface area contributed by atoms with Crippen LogP contribution in [0.25, 0.3) is 11.0 Å². The maximum Gasteiger partial charge on any atom is 0.280 e. The van der Waals surface area contributed by atoms with E-state index in [1.54, 1.807) is 24.3 Å². The average Bonchev–Trinajstić information content (AvgIpc) is 2.68. The number of hydrogen-bond acceptors (Lipinski definition) is 6. The van der Waals surface area contributed by atoms with Crippen LogP contribution in [0.1, 0.15) is 58.5 Å². The van der Waals surface area contributed by atoms with E-state index >= 15 is 0 Å². The molecular formula is C22H33N5O4. The lowest BCUT2D eigenvalue weighted by atomic mass is 9.96. The fraction of sp³-hybridized carbons (Fsp3) is 0.545. The van der Waals surface area contributed by atoms with E-state index in [1.165, 1.54) is 0 Å². The van der Waals surface area contributed by atoms with Gasteiger partial charge in [0.1, 0.15) is 0 Å². The van der Waals surface area contributed by atoms with Crippen LogP contribution in [0.2, 0.25) is 0 Å². The lowest BCUT2D eigenvalue weighted by molar-refractivity contribution is -0.130. The number of benzene rings is 1. The predicted molar refractivity (Wildman–Crippen MR) is 120 cm³/mol. The van der Waals surface area contributed by atoms with Crippen molar-refractivity contribution < 1.29 is 14.3 Å². The van der Waals surface area contributed by atoms with Crippen LogP contribution in [0.4, 0.5) is 0 Å². The highest BCUT2D eigenvalue weighted by Gasteiger charge is 2.24. The number of para-hydroxylation sites is 2. The summed E-state index contributed by atoms with van der Waals surface area (Å²) in [6, 6.07) is 7.03. The van der Waals surface area contributed by atoms with Crippen LogP contribution in [0.15, 0.2) is 29.1 Å². The van der Waals surface area contributed by atoms with E-state index in [9.17, 15) is 14.4 Å². The molecule has 0 aliphatic rings. The monoisotopic (exact) mass is 431 g/mol. The van der Waals surface area contributed by atoms with Crippen molar-refractivity contribution in [1.82, 2.24) is 26.1 Å². The summed E-state index contributed by atoms with van der Waals surface area (Å²) in [5.41, 5.74) is 5.34. The van der Waals surface area contributed by atoms with Gasteiger partial charge in [0, 0.05) is 24.1 Å². The molecule has 1 aromatic heterocycles. The molecule has 0 spiro atoms. The van der Waals surface area contributed by atoms with Crippen LogP contribution in [-0.2, 0) is 9.53 Å². The van der Waals surface area contributed by atoms with Gasteiger partial charge in [-0.3, -0.25) is 19.8 Å². The van der Waals surface area contributed by atoms with Crippen molar-refractivity contribution in [3.8, 4) is 0 Å². The zero-order chi connectivity index (χ0) is 23.2. The fourth-order valence-corrected chi connectivity index (χ4v) is 2.55. The van der Waals surface area contributed by atoms with Crippen molar-refractivity contribution >= 4 is 22.8 Å². The molecule has 2 rings (SSSR count). The van der Waals surface area contributed by atoms with E-state index in [-0.39, 0.29) is 29.8 Å². The zero-order valence-electron chi connectivity index (χ0n) is 19.1. The number of carbonyl (C=O) groups excluding carboxylic acids is 2. The van der Waals surface area contributed by atoms with Crippen molar-refractivity contribution in [2.24, 2.45) is 5.41 Å². The number of rotatable bonds is 9. The number of nitrogens with zero attached hydrogens (tertiary/aromatic N) is 1. The molecule has 0 aliphatic heterocycles. The molecule has 0 fully saturated rings. The van der Waals surface area contributed by atoms with E-state index in [1.807, 2.05) is 41.5 Å². The summed E-state index contributed by atoms with van der Waals surface area (Å²) in [6.07, 6.45) is 0.380. The normalized spacial score (nSPS) is 13.1. The van der Waals surface area contributed by atoms with Crippen molar-refractivity contribution in [2.45, 2.75) is 59.6 Å². The summed E-state index contributed by atoms with van der Waals surface area (Å²) in [4.78, 5) is 43.3. The first kappa shape index (κ1) is 24.5. The summed E-state index contributed by atoms with van der Waals surface area (Å²) in [5.74, 6) is -0.635. The van der Waals surface area contributed by atoms with Crippen molar-refractivity contribution in [2.75, 3.05) is 13.2 Å². The molecule has 2 aromatic rings. The van der Waals surface area contributed by atoms with Gasteiger partial charge in [-0.2, -0.15) is 0 Å². The minimum atomic E-state index is -0.547. The van der Waals surface area contributed by atoms with Gasteiger partial charge in [0.15, 0.2) is 5.69 Å². The Hall–Kier alpha value is -2.78. The minimum absolute atomic E-state index is 0.0881. The molecule has 4 N–H and O–H groups in total. The standard InChI is InChI=1S/C22H33N5O4/c1-14(31-12-11-22(5,6)27-26-20(30)21(2,3)4)13-23-18(28)17-19(29)25-16-10-8-7-9-15(16)24-17/h7-10,14,27H,11-13H2,1-6H3,(H,23,28)(H,25,29)(H,26,30). The highest BCUT2D eigenvalue weighted by atomic mass is 16.5. The molecule has 0 radical (unpaired) electrons. The molecule has 0 saturated heterocycles. The average molecular weight is 432 g/mol. The van der Waals surface area contributed by atoms with E-state index in [2.05, 4.69) is 26.1 Å². The third-order valence-corrected chi connectivity index (χ3v) is 4.69. The Morgan fingerprint density at radius 2 is 1.84 bits per heavy atom. The van der Waals surface area contributed by atoms with Crippen LogP contribution in [0.3, 0.4) is 0 Å². The van der Waals surface area contributed by atoms with Crippen LogP contribution in [0.5, 0.6) is 0 Å². The quantitative estimate of drug-likeness (QED) is 0.449. The largest absolute Gasteiger partial charge is 0.377 e. The number of H-pyrrole nitrogens is 1. The van der Waals surface area contributed by atoms with E-state index < -0.39 is 16.9 Å². The maximum atomic E-state index is 12.4. The molecule has 9 nitrogen and oxygen atoms in total. The van der Waals surface area contributed by atoms with E-state index in [0.717, 1.165) is 0 Å². The van der Waals surface area contributed by atoms with E-state index in [0.29, 0.717) is 24.1 Å². The van der Waals surface area contributed by atoms with Crippen LogP contribution in [-0.4, -0.2) is 46.6 Å². The Morgan fingerprint density at radius 1 is 1.16 bits per heavy atom. The molecule has 2 amide bonds. The van der Waals surface area contributed by atoms with Gasteiger partial charge < -0.3 is 15.0 Å². The SMILES string of the molecule is CC(CNC(=O)c1nc2ccccc2[nH]c1=O)OCCC(C)(C)NNC(=O)C(C)(C)C. The number of aromatic nitrogens is 2. The zero-order valence-corrected chi connectivity index (χ0v) is 19.1. The van der Waals surface area contributed by atoms with Gasteiger partial charge in [0.05, 0.1) is 17.1 Å². The summed E-state index contributed by atoms with van der Waals surface area (Å²) < 4.78 is 5.76. The third-order valence-electron chi connectivity index (χ3n) is 4.69. The minimum Gasteiger partial charge on any atom is -0.377 e. The number of nitrogens with one attached hydrogen (secondary N) is 4. The molecule has 1 heterocycles. The van der Waals surface area contributed by atoms with Gasteiger partial charge >= 0.3 is 0 Å². The Balaban J connectivity index is 1.78. The Labute approximate surface area is 182 Å². The van der Waals surface area contributed by atoms with Crippen molar-refractivity contribution in [1.29, 1.82) is 0 Å². The summed E-state index contributed by atoms with van der Waals surface area (Å²) >= 11 is 0. The summed E-state index contributed by atoms with van der Waals surface area (Å²) in [5, 5.41) is 2.69. The molecule has 9 heteroatoms. The first-order valence-electron chi connectivity index (χ1n) is 10.4. The lowest BCUT2D eigenvalue weighted by Gasteiger charge is -2.29. The highest BCUT2D eigenvalue weighted by Crippen LogP contribution is 2.13. The number of aromatic amines is 1. The highest BCUT2D eigenvalue weighted by molar-refractivity contribution is 5.93. The lowest BCUT2D eigenvalue weighted by Crippen LogP contribution is -2.53. The van der Waals surface area contributed by atoms with Gasteiger partial charge in [0.25, 0.3) is 11.5 Å². The second kappa shape index (κ2) is 10.0. The first-order valence-corrected chi connectivity index (χ1v) is 10.4. The van der Waals surface area contributed by atoms with Gasteiger partial charge in [-0.05, 0) is 39.3 Å². The second-order valence-electron chi connectivity index (χ2n) is 9.29. The Bertz CT molecular complexity index is 978. The number of ether oxygens (including phenoxy) is 1. The van der Waals surface area contributed by atoms with Gasteiger partial charge in [-0.1, -0.05) is 32.9 Å². The fourth-order valence-electron chi connectivity index (χ4n) is 2.55. The number of carbonyl (C=O) groups is 2. The molecule has 1 atom stereocenters. The number of fused-ring (bicyclic) bond motifs is 1. The van der Waals surface area contributed by atoms with Gasteiger partial charge in [-0.25, -0.2) is 10.4 Å². The van der Waals surface area contributed by atoms with Crippen molar-refractivity contribution in [3.05, 3.63) is 40.3 Å². The summed E-state index contributed by atoms with van der Waals surface area (Å²) in [7, 11) is 0. The number of hydrazine groups is 1. The van der Waals surface area contributed by atoms with Crippen LogP contribution >= 0.6 is 0 Å². The van der Waals surface area contributed by atoms with Crippen molar-refractivity contribution in [3.63, 3.8) is 0 Å². The molecule has 170 valence electrons. The van der Waals surface area contributed by atoms with Crippen LogP contribution in [0, 0.1) is 5.41 Å². The topological polar surface area (TPSA) is 125 Å². The molecule has 0 bridgehead atoms. The molecule has 0 saturated carbocycles. The van der Waals surface area contributed by atoms with Crippen LogP contribution < -0.4 is 21.7 Å². The second-order valence-corrected chi connectivity index (χ2v) is 9.29. The maximum absolute atomic E-state index is 12.4. The van der Waals surface area contributed by atoms with Gasteiger partial charge in [-0.15, -0.1) is 0 Å². The molecule has 1 aromatic carbocycles. The molecular weight excluding hydrogens is 398 g/mol. The third kappa shape index (κ3) is 7.45. The molecule has 31 heavy (non-hydrogen) atoms. The number of amides is 2. The number of hydrogen-bond donors (Lipinski definition) is 4. The Morgan fingerprint density at radius 3 is 2.52 bits per heavy atom. The summed E-state index contributed by atoms with van der Waals surface area (Å²) in [6.45, 7) is 12.0. The molecule has 0 aliphatic carbocycles. The predicted octanol–water partition coefficient (Wildman–Crippen LogP) is 1.89.